The second kappa shape index (κ2) is 2.77. The van der Waals surface area contributed by atoms with Gasteiger partial charge in [-0.1, -0.05) is 6.92 Å². The number of rotatable bonds is 0. The van der Waals surface area contributed by atoms with Crippen LogP contribution in [0.2, 0.25) is 0 Å². The van der Waals surface area contributed by atoms with Gasteiger partial charge in [-0.05, 0) is 37.2 Å². The van der Waals surface area contributed by atoms with Crippen LogP contribution in [0.5, 0.6) is 0 Å². The van der Waals surface area contributed by atoms with Crippen molar-refractivity contribution in [3.8, 4) is 0 Å². The van der Waals surface area contributed by atoms with Crippen LogP contribution in [0.15, 0.2) is 11.8 Å². The van der Waals surface area contributed by atoms with Crippen molar-refractivity contribution in [3.63, 3.8) is 0 Å². The third-order valence-corrected chi connectivity index (χ3v) is 3.36. The van der Waals surface area contributed by atoms with Crippen LogP contribution in [-0.4, -0.2) is 11.4 Å². The highest BCUT2D eigenvalue weighted by Crippen LogP contribution is 2.45. The molecule has 1 saturated carbocycles. The summed E-state index contributed by atoms with van der Waals surface area (Å²) in [7, 11) is 0. The fourth-order valence-electron chi connectivity index (χ4n) is 2.59. The van der Waals surface area contributed by atoms with E-state index in [-0.39, 0.29) is 0 Å². The summed E-state index contributed by atoms with van der Waals surface area (Å²) in [6.45, 7) is 4.30. The summed E-state index contributed by atoms with van der Waals surface area (Å²) < 4.78 is 5.17. The van der Waals surface area contributed by atoms with Crippen molar-refractivity contribution in [2.24, 2.45) is 17.8 Å². The topological polar surface area (TPSA) is 29.5 Å². The number of hydrogen-bond acceptors (Lipinski definition) is 2. The molecule has 0 spiro atoms. The largest absolute Gasteiger partial charge is 0.472 e. The lowest BCUT2D eigenvalue weighted by Gasteiger charge is -2.31. The van der Waals surface area contributed by atoms with Gasteiger partial charge in [-0.3, -0.25) is 0 Å². The Morgan fingerprint density at radius 1 is 1.50 bits per heavy atom. The van der Waals surface area contributed by atoms with Crippen LogP contribution in [0.25, 0.3) is 0 Å². The lowest BCUT2D eigenvalue weighted by atomic mass is 9.84. The lowest BCUT2D eigenvalue weighted by Crippen LogP contribution is -2.32. The summed E-state index contributed by atoms with van der Waals surface area (Å²) >= 11 is 0. The highest BCUT2D eigenvalue weighted by molar-refractivity contribution is 5.09. The monoisotopic (exact) mass is 168 g/mol. The van der Waals surface area contributed by atoms with Gasteiger partial charge < -0.3 is 9.84 Å². The van der Waals surface area contributed by atoms with Gasteiger partial charge in [-0.25, -0.2) is 0 Å². The predicted molar refractivity (Wildman–Crippen MR) is 46.2 cm³/mol. The molecule has 1 N–H and O–H groups in total. The molecule has 4 atom stereocenters. The Morgan fingerprint density at radius 3 is 2.92 bits per heavy atom. The fraction of sp³-hybridized carbons (Fsp3) is 0.800. The Balaban J connectivity index is 2.23. The summed E-state index contributed by atoms with van der Waals surface area (Å²) in [5.74, 6) is 1.52. The van der Waals surface area contributed by atoms with Crippen LogP contribution >= 0.6 is 0 Å². The van der Waals surface area contributed by atoms with E-state index in [1.165, 1.54) is 18.4 Å². The second-order valence-electron chi connectivity index (χ2n) is 4.13. The van der Waals surface area contributed by atoms with E-state index in [1.54, 1.807) is 6.26 Å². The minimum Gasteiger partial charge on any atom is -0.472 e. The maximum atomic E-state index is 9.60. The first-order chi connectivity index (χ1) is 5.70. The molecule has 0 aromatic heterocycles. The first-order valence-corrected chi connectivity index (χ1v) is 4.70. The fourth-order valence-corrected chi connectivity index (χ4v) is 2.59. The second-order valence-corrected chi connectivity index (χ2v) is 4.13. The highest BCUT2D eigenvalue weighted by Gasteiger charge is 2.42. The molecule has 2 unspecified atom stereocenters. The molecule has 2 nitrogen and oxygen atoms in total. The van der Waals surface area contributed by atoms with Gasteiger partial charge in [0.05, 0.1) is 6.26 Å². The molecule has 0 aromatic rings. The minimum absolute atomic E-state index is 0.343. The number of aliphatic hydroxyl groups is 1. The molecule has 0 bridgehead atoms. The zero-order valence-electron chi connectivity index (χ0n) is 7.66. The van der Waals surface area contributed by atoms with Gasteiger partial charge in [0.2, 0.25) is 0 Å². The summed E-state index contributed by atoms with van der Waals surface area (Å²) in [5, 5.41) is 9.60. The van der Waals surface area contributed by atoms with Crippen molar-refractivity contribution in [2.45, 2.75) is 33.0 Å². The summed E-state index contributed by atoms with van der Waals surface area (Å²) in [6, 6.07) is 0. The van der Waals surface area contributed by atoms with Gasteiger partial charge in [-0.2, -0.15) is 0 Å². The van der Waals surface area contributed by atoms with Gasteiger partial charge in [0, 0.05) is 5.92 Å². The van der Waals surface area contributed by atoms with Crippen LogP contribution < -0.4 is 0 Å². The maximum absolute atomic E-state index is 9.60. The predicted octanol–water partition coefficient (Wildman–Crippen LogP) is 1.90. The van der Waals surface area contributed by atoms with Gasteiger partial charge in [0.25, 0.3) is 0 Å². The van der Waals surface area contributed by atoms with E-state index in [0.29, 0.717) is 17.8 Å². The van der Waals surface area contributed by atoms with Crippen molar-refractivity contribution >= 4 is 0 Å². The zero-order valence-corrected chi connectivity index (χ0v) is 7.66. The molecule has 1 aliphatic heterocycles. The molecule has 1 fully saturated rings. The van der Waals surface area contributed by atoms with Crippen LogP contribution in [-0.2, 0) is 4.74 Å². The van der Waals surface area contributed by atoms with Crippen LogP contribution in [0.4, 0.5) is 0 Å². The number of aliphatic hydroxyl groups excluding tert-OH is 1. The molecule has 0 saturated heterocycles. The molecular weight excluding hydrogens is 152 g/mol. The number of hydrogen-bond donors (Lipinski definition) is 1. The maximum Gasteiger partial charge on any atom is 0.200 e. The molecule has 0 aromatic carbocycles. The first kappa shape index (κ1) is 8.11. The van der Waals surface area contributed by atoms with E-state index >= 15 is 0 Å². The quantitative estimate of drug-likeness (QED) is 0.598. The van der Waals surface area contributed by atoms with Gasteiger partial charge in [0.1, 0.15) is 0 Å². The Bertz CT molecular complexity index is 210. The molecule has 2 aliphatic rings. The molecule has 12 heavy (non-hydrogen) atoms. The normalized spacial score (nSPS) is 46.4. The SMILES string of the molecule is CC1=CO[C@@H](O)C2C1CC[C@@H]2C. The smallest absolute Gasteiger partial charge is 0.200 e. The molecule has 1 aliphatic carbocycles. The zero-order chi connectivity index (χ0) is 8.72. The molecule has 1 heterocycles. The Hall–Kier alpha value is -0.500. The van der Waals surface area contributed by atoms with Crippen molar-refractivity contribution in [3.05, 3.63) is 11.8 Å². The van der Waals surface area contributed by atoms with Crippen molar-refractivity contribution < 1.29 is 9.84 Å². The Morgan fingerprint density at radius 2 is 2.25 bits per heavy atom. The number of fused-ring (bicyclic) bond motifs is 1. The Labute approximate surface area is 73.2 Å². The van der Waals surface area contributed by atoms with Crippen molar-refractivity contribution in [2.75, 3.05) is 0 Å². The first-order valence-electron chi connectivity index (χ1n) is 4.70. The summed E-state index contributed by atoms with van der Waals surface area (Å²) in [6.07, 6.45) is 3.61. The standard InChI is InChI=1S/C10H16O2/c1-6-3-4-8-7(2)5-12-10(11)9(6)8/h5-6,8-11H,3-4H2,1-2H3/t6-,8?,9?,10+/m0/s1. The van der Waals surface area contributed by atoms with Gasteiger partial charge in [0.15, 0.2) is 6.29 Å². The van der Waals surface area contributed by atoms with E-state index in [2.05, 4.69) is 13.8 Å². The van der Waals surface area contributed by atoms with Crippen LogP contribution in [0.1, 0.15) is 26.7 Å². The van der Waals surface area contributed by atoms with Crippen LogP contribution in [0.3, 0.4) is 0 Å². The molecule has 68 valence electrons. The minimum atomic E-state index is -0.559. The Kier molecular flexibility index (Phi) is 1.87. The highest BCUT2D eigenvalue weighted by atomic mass is 16.6. The molecular formula is C10H16O2. The molecule has 2 rings (SSSR count). The average molecular weight is 168 g/mol. The average Bonchev–Trinajstić information content (AvgIpc) is 2.42. The van der Waals surface area contributed by atoms with E-state index in [4.69, 9.17) is 4.74 Å². The molecule has 2 heteroatoms. The van der Waals surface area contributed by atoms with E-state index in [0.717, 1.165) is 0 Å². The van der Waals surface area contributed by atoms with E-state index < -0.39 is 6.29 Å². The van der Waals surface area contributed by atoms with Crippen molar-refractivity contribution in [1.82, 2.24) is 0 Å². The molecule has 0 amide bonds. The summed E-state index contributed by atoms with van der Waals surface area (Å²) in [5.41, 5.74) is 1.30. The lowest BCUT2D eigenvalue weighted by molar-refractivity contribution is -0.121. The van der Waals surface area contributed by atoms with Crippen molar-refractivity contribution in [1.29, 1.82) is 0 Å². The van der Waals surface area contributed by atoms with E-state index in [1.807, 2.05) is 0 Å². The van der Waals surface area contributed by atoms with Crippen LogP contribution in [0, 0.1) is 17.8 Å². The third-order valence-electron chi connectivity index (χ3n) is 3.36. The molecule has 0 radical (unpaired) electrons. The third kappa shape index (κ3) is 1.06. The summed E-state index contributed by atoms with van der Waals surface area (Å²) in [4.78, 5) is 0. The number of allylic oxidation sites excluding steroid dienone is 1. The van der Waals surface area contributed by atoms with Gasteiger partial charge >= 0.3 is 0 Å². The van der Waals surface area contributed by atoms with Gasteiger partial charge in [-0.15, -0.1) is 0 Å². The number of ether oxygens (including phenoxy) is 1. The van der Waals surface area contributed by atoms with E-state index in [9.17, 15) is 5.11 Å².